The van der Waals surface area contributed by atoms with Gasteiger partial charge in [-0.2, -0.15) is 0 Å². The molecule has 0 aliphatic rings. The Morgan fingerprint density at radius 3 is 2.33 bits per heavy atom. The summed E-state index contributed by atoms with van der Waals surface area (Å²) in [7, 11) is 1.70. The van der Waals surface area contributed by atoms with Crippen molar-refractivity contribution in [3.05, 3.63) is 35.9 Å². The Labute approximate surface area is 201 Å². The third-order valence-corrected chi connectivity index (χ3v) is 6.11. The van der Waals surface area contributed by atoms with E-state index in [0.29, 0.717) is 32.1 Å². The summed E-state index contributed by atoms with van der Waals surface area (Å²) < 4.78 is 23.1. The summed E-state index contributed by atoms with van der Waals surface area (Å²) in [6.45, 7) is 18.6. The van der Waals surface area contributed by atoms with Crippen LogP contribution in [0.25, 0.3) is 5.57 Å². The Morgan fingerprint density at radius 1 is 1.06 bits per heavy atom. The number of ether oxygens (including phenoxy) is 4. The van der Waals surface area contributed by atoms with Crippen LogP contribution in [0, 0.1) is 6.92 Å². The molecule has 0 fully saturated rings. The first-order chi connectivity index (χ1) is 15.6. The second-order valence-electron chi connectivity index (χ2n) is 9.24. The zero-order valence-corrected chi connectivity index (χ0v) is 21.8. The van der Waals surface area contributed by atoms with Crippen molar-refractivity contribution < 1.29 is 23.7 Å². The van der Waals surface area contributed by atoms with Gasteiger partial charge in [-0.1, -0.05) is 32.1 Å². The molecule has 1 aromatic carbocycles. The molecule has 1 aromatic rings. The van der Waals surface area contributed by atoms with Crippen molar-refractivity contribution in [2.24, 2.45) is 0 Å². The predicted octanol–water partition coefficient (Wildman–Crippen LogP) is 5.32. The number of allylic oxidation sites excluding steroid dienone is 1. The number of hydrogen-bond donors (Lipinski definition) is 1. The predicted molar refractivity (Wildman–Crippen MR) is 135 cm³/mol. The average molecular weight is 464 g/mol. The second-order valence-corrected chi connectivity index (χ2v) is 9.24. The van der Waals surface area contributed by atoms with Crippen molar-refractivity contribution in [1.82, 2.24) is 5.32 Å². The van der Waals surface area contributed by atoms with Gasteiger partial charge in [0.05, 0.1) is 24.4 Å². The Bertz CT molecular complexity index is 740. The number of hydrogen-bond acceptors (Lipinski definition) is 5. The fourth-order valence-corrected chi connectivity index (χ4v) is 3.68. The molecule has 1 rings (SSSR count). The molecule has 0 heterocycles. The van der Waals surface area contributed by atoms with Gasteiger partial charge in [0.25, 0.3) is 5.91 Å². The Kier molecular flexibility index (Phi) is 12.7. The second kappa shape index (κ2) is 14.4. The number of rotatable bonds is 17. The smallest absolute Gasteiger partial charge is 0.258 e. The van der Waals surface area contributed by atoms with E-state index < -0.39 is 0 Å². The molecule has 0 saturated heterocycles. The molecule has 6 heteroatoms. The van der Waals surface area contributed by atoms with E-state index in [1.54, 1.807) is 7.11 Å². The lowest BCUT2D eigenvalue weighted by Gasteiger charge is -2.34. The van der Waals surface area contributed by atoms with E-state index in [0.717, 1.165) is 42.4 Å². The van der Waals surface area contributed by atoms with Gasteiger partial charge < -0.3 is 24.3 Å². The van der Waals surface area contributed by atoms with Gasteiger partial charge in [-0.25, -0.2) is 0 Å². The number of carbonyl (C=O) groups is 1. The topological polar surface area (TPSA) is 66.0 Å². The van der Waals surface area contributed by atoms with Crippen molar-refractivity contribution in [2.45, 2.75) is 78.4 Å². The number of aryl methyl sites for hydroxylation is 1. The van der Waals surface area contributed by atoms with Gasteiger partial charge in [-0.15, -0.1) is 0 Å². The van der Waals surface area contributed by atoms with E-state index in [4.69, 9.17) is 18.9 Å². The van der Waals surface area contributed by atoms with Crippen LogP contribution in [0.3, 0.4) is 0 Å². The van der Waals surface area contributed by atoms with Crippen molar-refractivity contribution in [3.8, 4) is 5.75 Å². The highest BCUT2D eigenvalue weighted by Crippen LogP contribution is 2.26. The van der Waals surface area contributed by atoms with Crippen molar-refractivity contribution in [2.75, 3.05) is 40.1 Å². The molecule has 0 aliphatic heterocycles. The fourth-order valence-electron chi connectivity index (χ4n) is 3.68. The molecule has 0 atom stereocenters. The average Bonchev–Trinajstić information content (AvgIpc) is 2.77. The third-order valence-electron chi connectivity index (χ3n) is 6.11. The van der Waals surface area contributed by atoms with Crippen LogP contribution in [-0.4, -0.2) is 57.2 Å². The van der Waals surface area contributed by atoms with E-state index in [9.17, 15) is 4.79 Å². The summed E-state index contributed by atoms with van der Waals surface area (Å²) >= 11 is 0. The summed E-state index contributed by atoms with van der Waals surface area (Å²) in [5.41, 5.74) is 2.72. The first kappa shape index (κ1) is 29.1. The zero-order chi connectivity index (χ0) is 24.9. The molecule has 0 radical (unpaired) electrons. The lowest BCUT2D eigenvalue weighted by Crippen LogP contribution is -2.38. The zero-order valence-electron chi connectivity index (χ0n) is 21.8. The summed E-state index contributed by atoms with van der Waals surface area (Å²) in [6, 6.07) is 5.76. The third kappa shape index (κ3) is 10.7. The summed E-state index contributed by atoms with van der Waals surface area (Å²) in [6.07, 6.45) is 3.44. The molecule has 188 valence electrons. The first-order valence-electron chi connectivity index (χ1n) is 12.0. The maximum atomic E-state index is 12.2. The maximum absolute atomic E-state index is 12.2. The number of carbonyl (C=O) groups excluding carboxylic acids is 1. The van der Waals surface area contributed by atoms with Gasteiger partial charge >= 0.3 is 0 Å². The van der Waals surface area contributed by atoms with E-state index in [1.165, 1.54) is 0 Å². The van der Waals surface area contributed by atoms with Crippen LogP contribution in [0.15, 0.2) is 24.8 Å². The molecule has 0 unspecified atom stereocenters. The number of nitrogens with one attached hydrogen (secondary N) is 1. The molecule has 33 heavy (non-hydrogen) atoms. The van der Waals surface area contributed by atoms with Crippen LogP contribution < -0.4 is 10.1 Å². The highest BCUT2D eigenvalue weighted by molar-refractivity contribution is 5.77. The van der Waals surface area contributed by atoms with E-state index >= 15 is 0 Å². The van der Waals surface area contributed by atoms with Crippen molar-refractivity contribution >= 4 is 11.5 Å². The first-order valence-corrected chi connectivity index (χ1v) is 12.0. The van der Waals surface area contributed by atoms with Crippen LogP contribution >= 0.6 is 0 Å². The maximum Gasteiger partial charge on any atom is 0.258 e. The van der Waals surface area contributed by atoms with Crippen LogP contribution in [0.4, 0.5) is 0 Å². The summed E-state index contributed by atoms with van der Waals surface area (Å²) in [5.74, 6) is 0.510. The number of amides is 1. The van der Waals surface area contributed by atoms with Gasteiger partial charge in [0.15, 0.2) is 6.61 Å². The normalized spacial score (nSPS) is 12.0. The minimum Gasteiger partial charge on any atom is -0.484 e. The number of benzene rings is 1. The van der Waals surface area contributed by atoms with Gasteiger partial charge in [-0.05, 0) is 76.6 Å². The quantitative estimate of drug-likeness (QED) is 0.317. The molecule has 0 bridgehead atoms. The molecule has 0 aromatic heterocycles. The fraction of sp³-hybridized carbons (Fsp3) is 0.667. The SMILES string of the molecule is C=C(C)c1ccc(OCC(=O)NCCOC(CC)(CC)CCOC(C)(C)CCOC)cc1C. The van der Waals surface area contributed by atoms with Gasteiger partial charge in [0.2, 0.25) is 0 Å². The molecular formula is C27H45NO5. The van der Waals surface area contributed by atoms with Crippen LogP contribution in [-0.2, 0) is 19.0 Å². The Balaban J connectivity index is 2.39. The van der Waals surface area contributed by atoms with Crippen LogP contribution in [0.2, 0.25) is 0 Å². The minimum absolute atomic E-state index is 0.0248. The van der Waals surface area contributed by atoms with E-state index in [-0.39, 0.29) is 23.7 Å². The van der Waals surface area contributed by atoms with Crippen molar-refractivity contribution in [3.63, 3.8) is 0 Å². The van der Waals surface area contributed by atoms with Crippen molar-refractivity contribution in [1.29, 1.82) is 0 Å². The van der Waals surface area contributed by atoms with E-state index in [2.05, 4.69) is 39.6 Å². The highest BCUT2D eigenvalue weighted by atomic mass is 16.5. The largest absolute Gasteiger partial charge is 0.484 e. The van der Waals surface area contributed by atoms with Crippen LogP contribution in [0.1, 0.15) is 71.4 Å². The van der Waals surface area contributed by atoms with Gasteiger partial charge in [0.1, 0.15) is 5.75 Å². The Morgan fingerprint density at radius 2 is 1.76 bits per heavy atom. The molecule has 0 saturated carbocycles. The Hall–Kier alpha value is -1.89. The molecular weight excluding hydrogens is 418 g/mol. The standard InChI is InChI=1S/C27H45NO5/c1-9-27(10-2,14-17-32-26(6,7)13-16-30-8)33-18-15-28-25(29)20-31-23-11-12-24(21(3)4)22(5)19-23/h11-12,19H,3,9-10,13-18,20H2,1-2,4-8H3,(H,28,29). The molecule has 0 spiro atoms. The summed E-state index contributed by atoms with van der Waals surface area (Å²) in [5, 5.41) is 2.87. The lowest BCUT2D eigenvalue weighted by atomic mass is 9.93. The molecule has 1 N–H and O–H groups in total. The van der Waals surface area contributed by atoms with Crippen LogP contribution in [0.5, 0.6) is 5.75 Å². The van der Waals surface area contributed by atoms with E-state index in [1.807, 2.05) is 32.0 Å². The number of methoxy groups -OCH3 is 1. The minimum atomic E-state index is -0.249. The lowest BCUT2D eigenvalue weighted by molar-refractivity contribution is -0.124. The molecule has 1 amide bonds. The molecule has 6 nitrogen and oxygen atoms in total. The van der Waals surface area contributed by atoms with Gasteiger partial charge in [0, 0.05) is 20.3 Å². The highest BCUT2D eigenvalue weighted by Gasteiger charge is 2.28. The monoisotopic (exact) mass is 463 g/mol. The summed E-state index contributed by atoms with van der Waals surface area (Å²) in [4.78, 5) is 12.2. The van der Waals surface area contributed by atoms with Gasteiger partial charge in [-0.3, -0.25) is 4.79 Å². The molecule has 0 aliphatic carbocycles.